The first-order chi connectivity index (χ1) is 9.36. The molecule has 1 rings (SSSR count). The molecule has 0 aliphatic carbocycles. The fourth-order valence-electron chi connectivity index (χ4n) is 1.86. The fourth-order valence-corrected chi connectivity index (χ4v) is 2.99. The van der Waals surface area contributed by atoms with Crippen LogP contribution in [0.3, 0.4) is 0 Å². The van der Waals surface area contributed by atoms with E-state index in [0.717, 1.165) is 18.9 Å². The van der Waals surface area contributed by atoms with Crippen molar-refractivity contribution in [2.24, 2.45) is 0 Å². The SMILES string of the molecule is CCCC(C)NC(=O)C(C)S(=O)c1ccc(F)cc1N. The standard InChI is InChI=1S/C14H21FN2O2S/c1-4-5-9(2)17-14(18)10(3)20(19)13-7-6-11(15)8-12(13)16/h6-10H,4-5,16H2,1-3H3,(H,17,18). The van der Waals surface area contributed by atoms with Gasteiger partial charge in [0, 0.05) is 6.04 Å². The van der Waals surface area contributed by atoms with Gasteiger partial charge in [0.05, 0.1) is 21.4 Å². The summed E-state index contributed by atoms with van der Waals surface area (Å²) in [4.78, 5) is 12.3. The lowest BCUT2D eigenvalue weighted by atomic mass is 10.2. The lowest BCUT2D eigenvalue weighted by molar-refractivity contribution is -0.121. The number of hydrogen-bond acceptors (Lipinski definition) is 3. The molecule has 0 fully saturated rings. The minimum absolute atomic E-state index is 0.0394. The summed E-state index contributed by atoms with van der Waals surface area (Å²) < 4.78 is 25.3. The predicted molar refractivity (Wildman–Crippen MR) is 79.2 cm³/mol. The van der Waals surface area contributed by atoms with Gasteiger partial charge in [-0.1, -0.05) is 13.3 Å². The Hall–Kier alpha value is -1.43. The highest BCUT2D eigenvalue weighted by atomic mass is 32.2. The van der Waals surface area contributed by atoms with Crippen LogP contribution in [-0.4, -0.2) is 21.4 Å². The van der Waals surface area contributed by atoms with E-state index in [1.54, 1.807) is 6.92 Å². The summed E-state index contributed by atoms with van der Waals surface area (Å²) in [5, 5.41) is 2.08. The number of carbonyl (C=O) groups is 1. The summed E-state index contributed by atoms with van der Waals surface area (Å²) in [6.45, 7) is 5.51. The first-order valence-corrected chi connectivity index (χ1v) is 7.84. The molecule has 1 amide bonds. The average Bonchev–Trinajstić information content (AvgIpc) is 2.37. The number of halogens is 1. The fraction of sp³-hybridized carbons (Fsp3) is 0.500. The molecule has 20 heavy (non-hydrogen) atoms. The lowest BCUT2D eigenvalue weighted by Crippen LogP contribution is -2.40. The van der Waals surface area contributed by atoms with Gasteiger partial charge in [0.25, 0.3) is 0 Å². The average molecular weight is 300 g/mol. The molecule has 0 saturated carbocycles. The van der Waals surface area contributed by atoms with E-state index in [1.165, 1.54) is 12.1 Å². The predicted octanol–water partition coefficient (Wildman–Crippen LogP) is 2.21. The number of carbonyl (C=O) groups excluding carboxylic acids is 1. The molecule has 6 heteroatoms. The third kappa shape index (κ3) is 4.30. The number of nitrogens with two attached hydrogens (primary N) is 1. The molecule has 112 valence electrons. The summed E-state index contributed by atoms with van der Waals surface area (Å²) >= 11 is 0. The molecule has 0 spiro atoms. The largest absolute Gasteiger partial charge is 0.398 e. The Bertz CT molecular complexity index is 508. The Labute approximate surface area is 121 Å². The number of hydrogen-bond donors (Lipinski definition) is 2. The quantitative estimate of drug-likeness (QED) is 0.791. The summed E-state index contributed by atoms with van der Waals surface area (Å²) in [6, 6.07) is 3.70. The molecule has 0 bridgehead atoms. The van der Waals surface area contributed by atoms with Crippen molar-refractivity contribution in [1.82, 2.24) is 5.32 Å². The van der Waals surface area contributed by atoms with E-state index in [-0.39, 0.29) is 22.5 Å². The van der Waals surface area contributed by atoms with Crippen LogP contribution in [0.5, 0.6) is 0 Å². The Kier molecular flexibility index (Phi) is 6.13. The van der Waals surface area contributed by atoms with Gasteiger partial charge in [0.15, 0.2) is 0 Å². The van der Waals surface area contributed by atoms with Crippen LogP contribution in [-0.2, 0) is 15.6 Å². The molecule has 1 aromatic rings. The monoisotopic (exact) mass is 300 g/mol. The number of benzene rings is 1. The van der Waals surface area contributed by atoms with E-state index in [1.807, 2.05) is 13.8 Å². The lowest BCUT2D eigenvalue weighted by Gasteiger charge is -2.17. The van der Waals surface area contributed by atoms with Gasteiger partial charge < -0.3 is 11.1 Å². The number of rotatable bonds is 6. The third-order valence-corrected chi connectivity index (χ3v) is 4.65. The van der Waals surface area contributed by atoms with Gasteiger partial charge in [-0.15, -0.1) is 0 Å². The normalized spacial score (nSPS) is 15.4. The maximum atomic E-state index is 13.0. The molecule has 3 atom stereocenters. The molecule has 3 N–H and O–H groups in total. The molecule has 0 radical (unpaired) electrons. The first-order valence-electron chi connectivity index (χ1n) is 6.62. The zero-order valence-corrected chi connectivity index (χ0v) is 12.8. The van der Waals surface area contributed by atoms with Crippen LogP contribution in [0, 0.1) is 5.82 Å². The van der Waals surface area contributed by atoms with Crippen LogP contribution in [0.1, 0.15) is 33.6 Å². The van der Waals surface area contributed by atoms with E-state index >= 15 is 0 Å². The molecule has 0 aromatic heterocycles. The third-order valence-electron chi connectivity index (χ3n) is 2.99. The van der Waals surface area contributed by atoms with E-state index in [2.05, 4.69) is 5.32 Å². The Morgan fingerprint density at radius 3 is 2.65 bits per heavy atom. The van der Waals surface area contributed by atoms with Crippen LogP contribution < -0.4 is 11.1 Å². The molecule has 0 heterocycles. The van der Waals surface area contributed by atoms with Gasteiger partial charge in [0.2, 0.25) is 5.91 Å². The summed E-state index contributed by atoms with van der Waals surface area (Å²) in [5.74, 6) is -0.773. The molecule has 4 nitrogen and oxygen atoms in total. The van der Waals surface area contributed by atoms with Crippen LogP contribution in [0.2, 0.25) is 0 Å². The maximum Gasteiger partial charge on any atom is 0.236 e. The Morgan fingerprint density at radius 2 is 2.10 bits per heavy atom. The second kappa shape index (κ2) is 7.38. The summed E-state index contributed by atoms with van der Waals surface area (Å²) in [6.07, 6.45) is 1.83. The zero-order valence-electron chi connectivity index (χ0n) is 12.0. The van der Waals surface area contributed by atoms with Crippen molar-refractivity contribution >= 4 is 22.4 Å². The van der Waals surface area contributed by atoms with Crippen LogP contribution in [0.25, 0.3) is 0 Å². The van der Waals surface area contributed by atoms with Crippen LogP contribution >= 0.6 is 0 Å². The van der Waals surface area contributed by atoms with Crippen molar-refractivity contribution in [3.8, 4) is 0 Å². The van der Waals surface area contributed by atoms with Crippen molar-refractivity contribution in [3.05, 3.63) is 24.0 Å². The Balaban J connectivity index is 2.78. The molecule has 1 aromatic carbocycles. The summed E-state index contributed by atoms with van der Waals surface area (Å²) in [5.41, 5.74) is 5.75. The smallest absolute Gasteiger partial charge is 0.236 e. The highest BCUT2D eigenvalue weighted by Crippen LogP contribution is 2.20. The maximum absolute atomic E-state index is 13.0. The minimum atomic E-state index is -1.60. The highest BCUT2D eigenvalue weighted by Gasteiger charge is 2.24. The number of nitrogen functional groups attached to an aromatic ring is 1. The van der Waals surface area contributed by atoms with Crippen molar-refractivity contribution in [2.75, 3.05) is 5.73 Å². The van der Waals surface area contributed by atoms with Crippen molar-refractivity contribution < 1.29 is 13.4 Å². The van der Waals surface area contributed by atoms with Gasteiger partial charge in [-0.05, 0) is 38.5 Å². The molecule has 0 aliphatic heterocycles. The van der Waals surface area contributed by atoms with Crippen molar-refractivity contribution in [1.29, 1.82) is 0 Å². The minimum Gasteiger partial charge on any atom is -0.398 e. The van der Waals surface area contributed by atoms with E-state index < -0.39 is 21.9 Å². The molecular formula is C14H21FN2O2S. The summed E-state index contributed by atoms with van der Waals surface area (Å²) in [7, 11) is -1.60. The number of anilines is 1. The van der Waals surface area contributed by atoms with E-state index in [9.17, 15) is 13.4 Å². The first kappa shape index (κ1) is 16.6. The van der Waals surface area contributed by atoms with Crippen molar-refractivity contribution in [2.45, 2.75) is 49.8 Å². The second-order valence-corrected chi connectivity index (χ2v) is 6.56. The van der Waals surface area contributed by atoms with E-state index in [0.29, 0.717) is 0 Å². The topological polar surface area (TPSA) is 72.2 Å². The van der Waals surface area contributed by atoms with Gasteiger partial charge in [-0.2, -0.15) is 0 Å². The zero-order chi connectivity index (χ0) is 15.3. The second-order valence-electron chi connectivity index (χ2n) is 4.82. The molecular weight excluding hydrogens is 279 g/mol. The van der Waals surface area contributed by atoms with E-state index in [4.69, 9.17) is 5.73 Å². The highest BCUT2D eigenvalue weighted by molar-refractivity contribution is 7.86. The van der Waals surface area contributed by atoms with Gasteiger partial charge in [-0.3, -0.25) is 9.00 Å². The molecule has 0 aliphatic rings. The molecule has 3 unspecified atom stereocenters. The number of amides is 1. The van der Waals surface area contributed by atoms with Crippen molar-refractivity contribution in [3.63, 3.8) is 0 Å². The molecule has 0 saturated heterocycles. The number of nitrogens with one attached hydrogen (secondary N) is 1. The Morgan fingerprint density at radius 1 is 1.45 bits per heavy atom. The van der Waals surface area contributed by atoms with Gasteiger partial charge in [0.1, 0.15) is 11.1 Å². The van der Waals surface area contributed by atoms with Gasteiger partial charge in [-0.25, -0.2) is 4.39 Å². The van der Waals surface area contributed by atoms with Crippen LogP contribution in [0.15, 0.2) is 23.1 Å². The van der Waals surface area contributed by atoms with Gasteiger partial charge >= 0.3 is 0 Å². The van der Waals surface area contributed by atoms with Crippen LogP contribution in [0.4, 0.5) is 10.1 Å².